The first kappa shape index (κ1) is 10.1. The van der Waals surface area contributed by atoms with Crippen LogP contribution in [0, 0.1) is 0 Å². The number of amides is 1. The Hall–Kier alpha value is -1.39. The zero-order valence-corrected chi connectivity index (χ0v) is 8.48. The van der Waals surface area contributed by atoms with Crippen molar-refractivity contribution >= 4 is 5.91 Å². The average molecular weight is 206 g/mol. The first-order valence-electron chi connectivity index (χ1n) is 5.05. The van der Waals surface area contributed by atoms with E-state index in [1.165, 1.54) is 5.06 Å². The fourth-order valence-electron chi connectivity index (χ4n) is 1.60. The summed E-state index contributed by atoms with van der Waals surface area (Å²) in [5.41, 5.74) is 7.08. The molecule has 1 aromatic carbocycles. The lowest BCUT2D eigenvalue weighted by Gasteiger charge is -2.27. The molecule has 0 saturated carbocycles. The zero-order valence-electron chi connectivity index (χ0n) is 8.48. The largest absolute Gasteiger partial charge is 0.330 e. The van der Waals surface area contributed by atoms with Crippen molar-refractivity contribution in [3.63, 3.8) is 0 Å². The van der Waals surface area contributed by atoms with Gasteiger partial charge in [0, 0.05) is 5.56 Å². The van der Waals surface area contributed by atoms with Gasteiger partial charge in [-0.25, -0.2) is 5.06 Å². The third-order valence-corrected chi connectivity index (χ3v) is 2.42. The molecule has 0 unspecified atom stereocenters. The molecule has 0 spiro atoms. The number of rotatable bonds is 3. The van der Waals surface area contributed by atoms with Crippen molar-refractivity contribution in [1.29, 1.82) is 0 Å². The molecule has 0 atom stereocenters. The van der Waals surface area contributed by atoms with Crippen molar-refractivity contribution < 1.29 is 9.63 Å². The van der Waals surface area contributed by atoms with Crippen LogP contribution >= 0.6 is 0 Å². The van der Waals surface area contributed by atoms with Gasteiger partial charge >= 0.3 is 0 Å². The van der Waals surface area contributed by atoms with Crippen molar-refractivity contribution in [2.75, 3.05) is 13.1 Å². The molecule has 0 bridgehead atoms. The summed E-state index contributed by atoms with van der Waals surface area (Å²) in [5, 5.41) is 1.40. The first-order chi connectivity index (χ1) is 7.33. The fourth-order valence-corrected chi connectivity index (χ4v) is 1.60. The fraction of sp³-hybridized carbons (Fsp3) is 0.364. The lowest BCUT2D eigenvalue weighted by molar-refractivity contribution is -0.140. The highest BCUT2D eigenvalue weighted by atomic mass is 16.7. The van der Waals surface area contributed by atoms with E-state index in [9.17, 15) is 4.79 Å². The molecule has 0 radical (unpaired) electrons. The number of nitrogens with two attached hydrogens (primary N) is 1. The molecule has 2 rings (SSSR count). The van der Waals surface area contributed by atoms with Crippen LogP contribution < -0.4 is 5.73 Å². The van der Waals surface area contributed by atoms with Crippen LogP contribution in [0.2, 0.25) is 0 Å². The SMILES string of the molecule is NCCCN1OCc2ccccc2C1=O. The van der Waals surface area contributed by atoms with E-state index >= 15 is 0 Å². The predicted molar refractivity (Wildman–Crippen MR) is 55.9 cm³/mol. The van der Waals surface area contributed by atoms with Crippen LogP contribution in [0.3, 0.4) is 0 Å². The molecule has 0 aromatic heterocycles. The van der Waals surface area contributed by atoms with E-state index in [0.717, 1.165) is 17.5 Å². The van der Waals surface area contributed by atoms with Gasteiger partial charge in [0.25, 0.3) is 5.91 Å². The van der Waals surface area contributed by atoms with Crippen LogP contribution in [-0.2, 0) is 11.4 Å². The lowest BCUT2D eigenvalue weighted by atomic mass is 10.1. The standard InChI is InChI=1S/C11H14N2O2/c12-6-3-7-13-11(14)10-5-2-1-4-9(10)8-15-13/h1-2,4-5H,3,6-8,12H2. The number of carbonyl (C=O) groups excluding carboxylic acids is 1. The zero-order chi connectivity index (χ0) is 10.7. The molecule has 1 aliphatic rings. The van der Waals surface area contributed by atoms with Crippen molar-refractivity contribution in [2.45, 2.75) is 13.0 Å². The molecule has 80 valence electrons. The predicted octanol–water partition coefficient (Wildman–Crippen LogP) is 0.923. The molecule has 1 aliphatic heterocycles. The molecule has 4 nitrogen and oxygen atoms in total. The minimum Gasteiger partial charge on any atom is -0.330 e. The Morgan fingerprint density at radius 2 is 2.20 bits per heavy atom. The average Bonchev–Trinajstić information content (AvgIpc) is 2.29. The highest BCUT2D eigenvalue weighted by Gasteiger charge is 2.24. The Morgan fingerprint density at radius 3 is 3.00 bits per heavy atom. The number of hydrogen-bond acceptors (Lipinski definition) is 3. The van der Waals surface area contributed by atoms with Crippen molar-refractivity contribution in [1.82, 2.24) is 5.06 Å². The summed E-state index contributed by atoms with van der Waals surface area (Å²) in [6.07, 6.45) is 0.758. The van der Waals surface area contributed by atoms with Crippen LogP contribution in [0.1, 0.15) is 22.3 Å². The van der Waals surface area contributed by atoms with Crippen LogP contribution in [0.15, 0.2) is 24.3 Å². The Balaban J connectivity index is 2.15. The van der Waals surface area contributed by atoms with Crippen LogP contribution in [0.4, 0.5) is 0 Å². The Labute approximate surface area is 88.6 Å². The van der Waals surface area contributed by atoms with Gasteiger partial charge in [0.05, 0.1) is 6.54 Å². The Bertz CT molecular complexity index is 365. The molecular formula is C11H14N2O2. The van der Waals surface area contributed by atoms with E-state index in [1.807, 2.05) is 24.3 Å². The molecule has 4 heteroatoms. The van der Waals surface area contributed by atoms with E-state index in [4.69, 9.17) is 10.6 Å². The number of hydrogen-bond donors (Lipinski definition) is 1. The summed E-state index contributed by atoms with van der Waals surface area (Å²) in [6.45, 7) is 1.59. The Morgan fingerprint density at radius 1 is 1.40 bits per heavy atom. The minimum atomic E-state index is -0.0645. The summed E-state index contributed by atoms with van der Waals surface area (Å²) >= 11 is 0. The van der Waals surface area contributed by atoms with Gasteiger partial charge in [-0.1, -0.05) is 18.2 Å². The smallest absolute Gasteiger partial charge is 0.277 e. The summed E-state index contributed by atoms with van der Waals surface area (Å²) in [6, 6.07) is 7.51. The number of carbonyl (C=O) groups is 1. The number of benzene rings is 1. The van der Waals surface area contributed by atoms with Gasteiger partial charge in [-0.15, -0.1) is 0 Å². The maximum Gasteiger partial charge on any atom is 0.277 e. The van der Waals surface area contributed by atoms with Crippen LogP contribution in [0.25, 0.3) is 0 Å². The second-order valence-electron chi connectivity index (χ2n) is 3.48. The second-order valence-corrected chi connectivity index (χ2v) is 3.48. The highest BCUT2D eigenvalue weighted by Crippen LogP contribution is 2.19. The number of nitrogens with zero attached hydrogens (tertiary/aromatic N) is 1. The Kier molecular flexibility index (Phi) is 2.99. The molecule has 1 amide bonds. The minimum absolute atomic E-state index is 0.0645. The third-order valence-electron chi connectivity index (χ3n) is 2.42. The molecule has 1 aromatic rings. The summed E-state index contributed by atoms with van der Waals surface area (Å²) in [7, 11) is 0. The van der Waals surface area contributed by atoms with Gasteiger partial charge in [-0.3, -0.25) is 9.63 Å². The van der Waals surface area contributed by atoms with E-state index < -0.39 is 0 Å². The van der Waals surface area contributed by atoms with Gasteiger partial charge in [0.1, 0.15) is 6.61 Å². The lowest BCUT2D eigenvalue weighted by Crippen LogP contribution is -2.37. The molecule has 0 saturated heterocycles. The molecular weight excluding hydrogens is 192 g/mol. The number of fused-ring (bicyclic) bond motifs is 1. The van der Waals surface area contributed by atoms with Gasteiger partial charge < -0.3 is 5.73 Å². The van der Waals surface area contributed by atoms with Gasteiger partial charge in [0.2, 0.25) is 0 Å². The van der Waals surface area contributed by atoms with Crippen molar-refractivity contribution in [3.05, 3.63) is 35.4 Å². The molecule has 0 fully saturated rings. The van der Waals surface area contributed by atoms with E-state index in [-0.39, 0.29) is 5.91 Å². The van der Waals surface area contributed by atoms with Crippen LogP contribution in [-0.4, -0.2) is 24.1 Å². The van der Waals surface area contributed by atoms with E-state index in [0.29, 0.717) is 19.7 Å². The maximum atomic E-state index is 11.9. The van der Waals surface area contributed by atoms with Crippen LogP contribution in [0.5, 0.6) is 0 Å². The number of hydroxylamine groups is 2. The van der Waals surface area contributed by atoms with Gasteiger partial charge in [-0.05, 0) is 24.6 Å². The molecule has 2 N–H and O–H groups in total. The van der Waals surface area contributed by atoms with Gasteiger partial charge in [-0.2, -0.15) is 0 Å². The third kappa shape index (κ3) is 2.00. The quantitative estimate of drug-likeness (QED) is 0.800. The summed E-state index contributed by atoms with van der Waals surface area (Å²) in [4.78, 5) is 17.2. The van der Waals surface area contributed by atoms with Crippen molar-refractivity contribution in [2.24, 2.45) is 5.73 Å². The molecule has 0 aliphatic carbocycles. The van der Waals surface area contributed by atoms with Crippen molar-refractivity contribution in [3.8, 4) is 0 Å². The topological polar surface area (TPSA) is 55.6 Å². The van der Waals surface area contributed by atoms with E-state index in [1.54, 1.807) is 0 Å². The second kappa shape index (κ2) is 4.42. The monoisotopic (exact) mass is 206 g/mol. The van der Waals surface area contributed by atoms with Gasteiger partial charge in [0.15, 0.2) is 0 Å². The molecule has 15 heavy (non-hydrogen) atoms. The first-order valence-corrected chi connectivity index (χ1v) is 5.05. The summed E-state index contributed by atoms with van der Waals surface area (Å²) < 4.78 is 0. The normalized spacial score (nSPS) is 15.3. The summed E-state index contributed by atoms with van der Waals surface area (Å²) in [5.74, 6) is -0.0645. The maximum absolute atomic E-state index is 11.9. The molecule has 1 heterocycles. The highest BCUT2D eigenvalue weighted by molar-refractivity contribution is 5.95. The van der Waals surface area contributed by atoms with E-state index in [2.05, 4.69) is 0 Å².